The number of ether oxygens (including phenoxy) is 1. The van der Waals surface area contributed by atoms with Gasteiger partial charge in [0.25, 0.3) is 5.91 Å². The second-order valence-corrected chi connectivity index (χ2v) is 5.36. The maximum absolute atomic E-state index is 13.4. The molecule has 0 bridgehead atoms. The van der Waals surface area contributed by atoms with Crippen molar-refractivity contribution in [2.45, 2.75) is 26.4 Å². The smallest absolute Gasteiger partial charge is 0.328 e. The van der Waals surface area contributed by atoms with E-state index < -0.39 is 23.7 Å². The molecule has 0 spiro atoms. The number of amides is 1. The van der Waals surface area contributed by atoms with Crippen molar-refractivity contribution in [1.82, 2.24) is 4.90 Å². The molecule has 0 aromatic heterocycles. The van der Waals surface area contributed by atoms with Gasteiger partial charge in [0.2, 0.25) is 0 Å². The normalized spacial score (nSPS) is 11.6. The standard InChI is InChI=1S/C19H20FNO3/c1-3-24-19(23)14(2)21(13-15-8-5-4-6-9-15)18(22)16-10-7-11-17(20)12-16/h4-12,14H,3,13H2,1-2H3. The Balaban J connectivity index is 2.30. The summed E-state index contributed by atoms with van der Waals surface area (Å²) in [7, 11) is 0. The van der Waals surface area contributed by atoms with Gasteiger partial charge in [0.05, 0.1) is 6.61 Å². The molecule has 0 saturated carbocycles. The number of rotatable bonds is 6. The summed E-state index contributed by atoms with van der Waals surface area (Å²) >= 11 is 0. The predicted octanol–water partition coefficient (Wildman–Crippen LogP) is 3.42. The first-order valence-corrected chi connectivity index (χ1v) is 7.80. The lowest BCUT2D eigenvalue weighted by atomic mass is 10.1. The molecule has 0 radical (unpaired) electrons. The molecule has 5 heteroatoms. The van der Waals surface area contributed by atoms with Crippen LogP contribution in [0.4, 0.5) is 4.39 Å². The summed E-state index contributed by atoms with van der Waals surface area (Å²) < 4.78 is 18.5. The summed E-state index contributed by atoms with van der Waals surface area (Å²) in [6.45, 7) is 3.78. The molecule has 1 amide bonds. The summed E-state index contributed by atoms with van der Waals surface area (Å²) in [4.78, 5) is 26.3. The summed E-state index contributed by atoms with van der Waals surface area (Å²) in [5, 5.41) is 0. The van der Waals surface area contributed by atoms with Crippen LogP contribution in [0, 0.1) is 5.82 Å². The van der Waals surface area contributed by atoms with Gasteiger partial charge in [-0.1, -0.05) is 36.4 Å². The van der Waals surface area contributed by atoms with Crippen LogP contribution in [0.15, 0.2) is 54.6 Å². The van der Waals surface area contributed by atoms with E-state index in [1.807, 2.05) is 30.3 Å². The third-order valence-electron chi connectivity index (χ3n) is 3.62. The minimum Gasteiger partial charge on any atom is -0.464 e. The number of carbonyl (C=O) groups is 2. The minimum atomic E-state index is -0.777. The number of hydrogen-bond donors (Lipinski definition) is 0. The molecule has 2 aromatic rings. The molecule has 0 saturated heterocycles. The zero-order valence-corrected chi connectivity index (χ0v) is 13.7. The van der Waals surface area contributed by atoms with Crippen LogP contribution in [0.5, 0.6) is 0 Å². The van der Waals surface area contributed by atoms with Crippen molar-refractivity contribution >= 4 is 11.9 Å². The Morgan fingerprint density at radius 2 is 1.83 bits per heavy atom. The van der Waals surface area contributed by atoms with Crippen LogP contribution in [0.2, 0.25) is 0 Å². The van der Waals surface area contributed by atoms with E-state index in [9.17, 15) is 14.0 Å². The van der Waals surface area contributed by atoms with E-state index in [1.54, 1.807) is 13.8 Å². The number of hydrogen-bond acceptors (Lipinski definition) is 3. The van der Waals surface area contributed by atoms with Gasteiger partial charge < -0.3 is 9.64 Å². The molecule has 126 valence electrons. The monoisotopic (exact) mass is 329 g/mol. The van der Waals surface area contributed by atoms with Gasteiger partial charge in [-0.3, -0.25) is 4.79 Å². The molecule has 0 heterocycles. The second-order valence-electron chi connectivity index (χ2n) is 5.36. The first kappa shape index (κ1) is 17.7. The molecule has 2 aromatic carbocycles. The van der Waals surface area contributed by atoms with Crippen LogP contribution in [0.1, 0.15) is 29.8 Å². The molecular formula is C19H20FNO3. The Kier molecular flexibility index (Phi) is 6.07. The largest absolute Gasteiger partial charge is 0.464 e. The first-order chi connectivity index (χ1) is 11.5. The number of benzene rings is 2. The highest BCUT2D eigenvalue weighted by Gasteiger charge is 2.28. The minimum absolute atomic E-state index is 0.196. The van der Waals surface area contributed by atoms with Gasteiger partial charge in [0, 0.05) is 12.1 Å². The van der Waals surface area contributed by atoms with Crippen molar-refractivity contribution in [2.75, 3.05) is 6.61 Å². The maximum Gasteiger partial charge on any atom is 0.328 e. The number of nitrogens with zero attached hydrogens (tertiary/aromatic N) is 1. The highest BCUT2D eigenvalue weighted by molar-refractivity contribution is 5.96. The van der Waals surface area contributed by atoms with Crippen LogP contribution in [0.25, 0.3) is 0 Å². The molecule has 0 aliphatic carbocycles. The van der Waals surface area contributed by atoms with Crippen LogP contribution in [-0.4, -0.2) is 29.4 Å². The van der Waals surface area contributed by atoms with Gasteiger partial charge >= 0.3 is 5.97 Å². The van der Waals surface area contributed by atoms with Gasteiger partial charge in [0.15, 0.2) is 0 Å². The van der Waals surface area contributed by atoms with E-state index >= 15 is 0 Å². The number of carbonyl (C=O) groups excluding carboxylic acids is 2. The van der Waals surface area contributed by atoms with Gasteiger partial charge in [0.1, 0.15) is 11.9 Å². The molecule has 1 atom stereocenters. The van der Waals surface area contributed by atoms with Crippen LogP contribution >= 0.6 is 0 Å². The van der Waals surface area contributed by atoms with Crippen molar-refractivity contribution in [2.24, 2.45) is 0 Å². The van der Waals surface area contributed by atoms with E-state index in [0.717, 1.165) is 11.6 Å². The van der Waals surface area contributed by atoms with Gasteiger partial charge in [-0.15, -0.1) is 0 Å². The molecule has 1 unspecified atom stereocenters. The Hall–Kier alpha value is -2.69. The van der Waals surface area contributed by atoms with Crippen LogP contribution < -0.4 is 0 Å². The van der Waals surface area contributed by atoms with Crippen LogP contribution in [-0.2, 0) is 16.1 Å². The molecule has 24 heavy (non-hydrogen) atoms. The fourth-order valence-electron chi connectivity index (χ4n) is 2.34. The summed E-state index contributed by atoms with van der Waals surface area (Å²) in [6, 6.07) is 14.0. The SMILES string of the molecule is CCOC(=O)C(C)N(Cc1ccccc1)C(=O)c1cccc(F)c1. The highest BCUT2D eigenvalue weighted by Crippen LogP contribution is 2.15. The van der Waals surface area contributed by atoms with E-state index in [-0.39, 0.29) is 18.7 Å². The predicted molar refractivity (Wildman–Crippen MR) is 88.8 cm³/mol. The Morgan fingerprint density at radius 1 is 1.12 bits per heavy atom. The summed E-state index contributed by atoms with van der Waals surface area (Å²) in [6.07, 6.45) is 0. The van der Waals surface area contributed by atoms with Crippen molar-refractivity contribution in [3.05, 3.63) is 71.5 Å². The zero-order chi connectivity index (χ0) is 17.5. The zero-order valence-electron chi connectivity index (χ0n) is 13.7. The fourth-order valence-corrected chi connectivity index (χ4v) is 2.34. The molecule has 4 nitrogen and oxygen atoms in total. The lowest BCUT2D eigenvalue weighted by Gasteiger charge is -2.28. The third-order valence-corrected chi connectivity index (χ3v) is 3.62. The average Bonchev–Trinajstić information content (AvgIpc) is 2.59. The topological polar surface area (TPSA) is 46.6 Å². The van der Waals surface area contributed by atoms with E-state index in [0.29, 0.717) is 0 Å². The molecule has 0 fully saturated rings. The van der Waals surface area contributed by atoms with Crippen molar-refractivity contribution < 1.29 is 18.7 Å². The lowest BCUT2D eigenvalue weighted by molar-refractivity contribution is -0.148. The van der Waals surface area contributed by atoms with E-state index in [4.69, 9.17) is 4.74 Å². The number of halogens is 1. The van der Waals surface area contributed by atoms with Gasteiger partial charge in [-0.05, 0) is 37.6 Å². The Bertz CT molecular complexity index is 703. The number of esters is 1. The van der Waals surface area contributed by atoms with Crippen molar-refractivity contribution in [1.29, 1.82) is 0 Å². The summed E-state index contributed by atoms with van der Waals surface area (Å²) in [5.74, 6) is -1.40. The molecular weight excluding hydrogens is 309 g/mol. The molecule has 0 aliphatic heterocycles. The quantitative estimate of drug-likeness (QED) is 0.763. The van der Waals surface area contributed by atoms with Gasteiger partial charge in [-0.2, -0.15) is 0 Å². The maximum atomic E-state index is 13.4. The third kappa shape index (κ3) is 4.41. The van der Waals surface area contributed by atoms with Gasteiger partial charge in [-0.25, -0.2) is 9.18 Å². The van der Waals surface area contributed by atoms with Crippen molar-refractivity contribution in [3.63, 3.8) is 0 Å². The van der Waals surface area contributed by atoms with Crippen molar-refractivity contribution in [3.8, 4) is 0 Å². The molecule has 2 rings (SSSR count). The Labute approximate surface area is 140 Å². The van der Waals surface area contributed by atoms with Crippen LogP contribution in [0.3, 0.4) is 0 Å². The average molecular weight is 329 g/mol. The van der Waals surface area contributed by atoms with E-state index in [2.05, 4.69) is 0 Å². The van der Waals surface area contributed by atoms with E-state index in [1.165, 1.54) is 23.1 Å². The Morgan fingerprint density at radius 3 is 2.46 bits per heavy atom. The highest BCUT2D eigenvalue weighted by atomic mass is 19.1. The molecule has 0 aliphatic rings. The first-order valence-electron chi connectivity index (χ1n) is 7.80. The second kappa shape index (κ2) is 8.24. The molecule has 0 N–H and O–H groups in total. The summed E-state index contributed by atoms with van der Waals surface area (Å²) in [5.41, 5.74) is 1.07. The fraction of sp³-hybridized carbons (Fsp3) is 0.263. The lowest BCUT2D eigenvalue weighted by Crippen LogP contribution is -2.43.